The number of carbonyl (C=O) groups is 1. The minimum Gasteiger partial charge on any atom is -0.438 e. The van der Waals surface area contributed by atoms with Gasteiger partial charge in [0.1, 0.15) is 6.61 Å². The van der Waals surface area contributed by atoms with Crippen molar-refractivity contribution in [2.75, 3.05) is 13.7 Å². The number of ether oxygens (including phenoxy) is 2. The van der Waals surface area contributed by atoms with Crippen LogP contribution >= 0.6 is 0 Å². The molecule has 0 spiro atoms. The molecule has 0 aromatic rings. The zero-order valence-corrected chi connectivity index (χ0v) is 5.72. The predicted octanol–water partition coefficient (Wildman–Crippen LogP) is 1.64. The zero-order valence-electron chi connectivity index (χ0n) is 5.72. The normalized spacial score (nSPS) is 8.60. The van der Waals surface area contributed by atoms with Crippen LogP contribution in [-0.4, -0.2) is 19.9 Å². The van der Waals surface area contributed by atoms with Gasteiger partial charge in [-0.05, 0) is 0 Å². The van der Waals surface area contributed by atoms with Crippen LogP contribution in [0.4, 0.5) is 9.18 Å². The highest BCUT2D eigenvalue weighted by atomic mass is 19.1. The summed E-state index contributed by atoms with van der Waals surface area (Å²) in [4.78, 5) is 10.2. The van der Waals surface area contributed by atoms with Crippen molar-refractivity contribution in [3.05, 3.63) is 12.4 Å². The second kappa shape index (κ2) is 4.78. The summed E-state index contributed by atoms with van der Waals surface area (Å²) in [6.45, 7) is 2.95. The third-order valence-corrected chi connectivity index (χ3v) is 0.760. The van der Waals surface area contributed by atoms with Crippen molar-refractivity contribution in [1.82, 2.24) is 0 Å². The molecule has 0 aromatic carbocycles. The quantitative estimate of drug-likeness (QED) is 0.571. The average Bonchev–Trinajstić information content (AvgIpc) is 1.87. The number of methoxy groups -OCH3 is 1. The van der Waals surface area contributed by atoms with Gasteiger partial charge in [-0.3, -0.25) is 0 Å². The Hall–Kier alpha value is -1.06. The van der Waals surface area contributed by atoms with Crippen LogP contribution in [0.15, 0.2) is 12.4 Å². The van der Waals surface area contributed by atoms with Gasteiger partial charge in [0.15, 0.2) is 0 Å². The molecule has 58 valence electrons. The van der Waals surface area contributed by atoms with E-state index in [0.717, 1.165) is 0 Å². The second-order valence-electron chi connectivity index (χ2n) is 1.57. The maximum absolute atomic E-state index is 11.8. The zero-order chi connectivity index (χ0) is 7.98. The van der Waals surface area contributed by atoms with Gasteiger partial charge in [0.2, 0.25) is 0 Å². The minimum atomic E-state index is -0.804. The van der Waals surface area contributed by atoms with Gasteiger partial charge in [-0.15, -0.1) is 0 Å². The summed E-state index contributed by atoms with van der Waals surface area (Å²) < 4.78 is 20.3. The first-order valence-electron chi connectivity index (χ1n) is 2.71. The summed E-state index contributed by atoms with van der Waals surface area (Å²) in [6, 6.07) is 0. The van der Waals surface area contributed by atoms with Gasteiger partial charge in [0, 0.05) is 6.42 Å². The van der Waals surface area contributed by atoms with Crippen molar-refractivity contribution < 1.29 is 18.7 Å². The fourth-order valence-corrected chi connectivity index (χ4v) is 0.304. The van der Waals surface area contributed by atoms with Crippen molar-refractivity contribution in [3.8, 4) is 0 Å². The van der Waals surface area contributed by atoms with Gasteiger partial charge in [0.05, 0.1) is 12.9 Å². The van der Waals surface area contributed by atoms with Crippen LogP contribution in [0, 0.1) is 0 Å². The molecule has 0 aliphatic rings. The largest absolute Gasteiger partial charge is 0.507 e. The Labute approximate surface area is 58.4 Å². The molecule has 0 saturated carbocycles. The van der Waals surface area contributed by atoms with Gasteiger partial charge in [-0.1, -0.05) is 6.58 Å². The smallest absolute Gasteiger partial charge is 0.438 e. The first-order valence-corrected chi connectivity index (χ1v) is 2.71. The van der Waals surface area contributed by atoms with Crippen LogP contribution < -0.4 is 0 Å². The number of halogens is 1. The highest BCUT2D eigenvalue weighted by Crippen LogP contribution is 1.98. The van der Waals surface area contributed by atoms with Crippen molar-refractivity contribution in [3.63, 3.8) is 0 Å². The standard InChI is InChI=1S/C6H9FO3/c1-5(7)3-4-10-6(8)9-2/h1,3-4H2,2H3. The molecular formula is C6H9FO3. The molecular weight excluding hydrogens is 139 g/mol. The van der Waals surface area contributed by atoms with E-state index in [4.69, 9.17) is 0 Å². The topological polar surface area (TPSA) is 35.5 Å². The van der Waals surface area contributed by atoms with E-state index in [9.17, 15) is 9.18 Å². The molecule has 4 heteroatoms. The van der Waals surface area contributed by atoms with Gasteiger partial charge in [-0.25, -0.2) is 9.18 Å². The van der Waals surface area contributed by atoms with Crippen molar-refractivity contribution in [2.45, 2.75) is 6.42 Å². The van der Waals surface area contributed by atoms with Crippen LogP contribution in [0.2, 0.25) is 0 Å². The Balaban J connectivity index is 3.20. The molecule has 0 amide bonds. The van der Waals surface area contributed by atoms with Crippen LogP contribution in [0.1, 0.15) is 6.42 Å². The molecule has 0 aliphatic carbocycles. The van der Waals surface area contributed by atoms with E-state index in [0.29, 0.717) is 0 Å². The number of hydrogen-bond donors (Lipinski definition) is 0. The van der Waals surface area contributed by atoms with Gasteiger partial charge >= 0.3 is 6.16 Å². The van der Waals surface area contributed by atoms with E-state index >= 15 is 0 Å². The minimum absolute atomic E-state index is 0.0229. The predicted molar refractivity (Wildman–Crippen MR) is 33.2 cm³/mol. The Morgan fingerprint density at radius 1 is 1.70 bits per heavy atom. The molecule has 0 bridgehead atoms. The summed E-state index contributed by atoms with van der Waals surface area (Å²) in [5.74, 6) is -0.510. The molecule has 0 radical (unpaired) electrons. The third kappa shape index (κ3) is 5.08. The Morgan fingerprint density at radius 3 is 2.70 bits per heavy atom. The maximum Gasteiger partial charge on any atom is 0.507 e. The lowest BCUT2D eigenvalue weighted by Gasteiger charge is -1.99. The Morgan fingerprint density at radius 2 is 2.30 bits per heavy atom. The highest BCUT2D eigenvalue weighted by Gasteiger charge is 1.99. The first kappa shape index (κ1) is 8.94. The van der Waals surface area contributed by atoms with Gasteiger partial charge < -0.3 is 9.47 Å². The summed E-state index contributed by atoms with van der Waals surface area (Å²) >= 11 is 0. The molecule has 3 nitrogen and oxygen atoms in total. The Bertz CT molecular complexity index is 133. The second-order valence-corrected chi connectivity index (χ2v) is 1.57. The molecule has 0 unspecified atom stereocenters. The highest BCUT2D eigenvalue weighted by molar-refractivity contribution is 5.59. The third-order valence-electron chi connectivity index (χ3n) is 0.760. The van der Waals surface area contributed by atoms with E-state index < -0.39 is 12.0 Å². The fraction of sp³-hybridized carbons (Fsp3) is 0.500. The summed E-state index contributed by atoms with van der Waals surface area (Å²) in [6.07, 6.45) is -0.781. The molecule has 0 heterocycles. The summed E-state index contributed by atoms with van der Waals surface area (Å²) in [7, 11) is 1.19. The molecule has 0 N–H and O–H groups in total. The van der Waals surface area contributed by atoms with Crippen molar-refractivity contribution >= 4 is 6.16 Å². The molecule has 10 heavy (non-hydrogen) atoms. The van der Waals surface area contributed by atoms with Crippen LogP contribution in [-0.2, 0) is 9.47 Å². The van der Waals surface area contributed by atoms with E-state index in [2.05, 4.69) is 16.1 Å². The van der Waals surface area contributed by atoms with Crippen LogP contribution in [0.25, 0.3) is 0 Å². The van der Waals surface area contributed by atoms with Crippen molar-refractivity contribution in [1.29, 1.82) is 0 Å². The lowest BCUT2D eigenvalue weighted by Crippen LogP contribution is -2.05. The van der Waals surface area contributed by atoms with E-state index in [-0.39, 0.29) is 13.0 Å². The monoisotopic (exact) mass is 148 g/mol. The van der Waals surface area contributed by atoms with Crippen LogP contribution in [0.3, 0.4) is 0 Å². The molecule has 0 atom stereocenters. The lowest BCUT2D eigenvalue weighted by atomic mass is 10.4. The van der Waals surface area contributed by atoms with E-state index in [1.54, 1.807) is 0 Å². The molecule has 0 aromatic heterocycles. The SMILES string of the molecule is C=C(F)CCOC(=O)OC. The molecule has 0 aliphatic heterocycles. The van der Waals surface area contributed by atoms with Gasteiger partial charge in [0.25, 0.3) is 0 Å². The molecule has 0 saturated heterocycles. The maximum atomic E-state index is 11.8. The fourth-order valence-electron chi connectivity index (χ4n) is 0.304. The molecule has 0 fully saturated rings. The number of carbonyl (C=O) groups excluding carboxylic acids is 1. The van der Waals surface area contributed by atoms with Gasteiger partial charge in [-0.2, -0.15) is 0 Å². The number of rotatable bonds is 3. The van der Waals surface area contributed by atoms with Crippen LogP contribution in [0.5, 0.6) is 0 Å². The van der Waals surface area contributed by atoms with E-state index in [1.807, 2.05) is 0 Å². The number of hydrogen-bond acceptors (Lipinski definition) is 3. The first-order chi connectivity index (χ1) is 4.66. The summed E-state index contributed by atoms with van der Waals surface area (Å²) in [5, 5.41) is 0. The summed E-state index contributed by atoms with van der Waals surface area (Å²) in [5.41, 5.74) is 0. The Kier molecular flexibility index (Phi) is 4.28. The average molecular weight is 148 g/mol. The van der Waals surface area contributed by atoms with Crippen molar-refractivity contribution in [2.24, 2.45) is 0 Å². The molecule has 0 rings (SSSR count). The van der Waals surface area contributed by atoms with E-state index in [1.165, 1.54) is 7.11 Å². The lowest BCUT2D eigenvalue weighted by molar-refractivity contribution is 0.0727.